The maximum absolute atomic E-state index is 13.2. The lowest BCUT2D eigenvalue weighted by Gasteiger charge is -2.22. The molecule has 0 radical (unpaired) electrons. The van der Waals surface area contributed by atoms with E-state index < -0.39 is 15.8 Å². The molecule has 0 aliphatic carbocycles. The summed E-state index contributed by atoms with van der Waals surface area (Å²) < 4.78 is 39.9. The normalized spacial score (nSPS) is 12.7. The fourth-order valence-corrected chi connectivity index (χ4v) is 3.14. The van der Waals surface area contributed by atoms with Gasteiger partial charge >= 0.3 is 0 Å². The van der Waals surface area contributed by atoms with Crippen molar-refractivity contribution in [3.05, 3.63) is 29.6 Å². The Morgan fingerprint density at radius 3 is 2.58 bits per heavy atom. The smallest absolute Gasteiger partial charge is 0.241 e. The highest BCUT2D eigenvalue weighted by Crippen LogP contribution is 2.22. The van der Waals surface area contributed by atoms with Crippen molar-refractivity contribution in [2.24, 2.45) is 5.73 Å². The van der Waals surface area contributed by atoms with Crippen LogP contribution in [0.5, 0.6) is 0 Å². The molecular weight excluding hydrogens is 287 g/mol. The highest BCUT2D eigenvalue weighted by atomic mass is 32.2. The third kappa shape index (κ3) is 4.45. The first-order valence-electron chi connectivity index (χ1n) is 5.75. The van der Waals surface area contributed by atoms with E-state index in [1.54, 1.807) is 11.8 Å². The molecule has 19 heavy (non-hydrogen) atoms. The van der Waals surface area contributed by atoms with Gasteiger partial charge in [-0.25, -0.2) is 17.5 Å². The van der Waals surface area contributed by atoms with Crippen molar-refractivity contribution in [3.8, 4) is 0 Å². The lowest BCUT2D eigenvalue weighted by Crippen LogP contribution is -2.36. The molecule has 0 unspecified atom stereocenters. The summed E-state index contributed by atoms with van der Waals surface area (Å²) in [5.74, 6) is -0.596. The lowest BCUT2D eigenvalue weighted by atomic mass is 10.2. The minimum Gasteiger partial charge on any atom is -0.326 e. The van der Waals surface area contributed by atoms with Crippen molar-refractivity contribution >= 4 is 21.8 Å². The second-order valence-electron chi connectivity index (χ2n) is 4.74. The second kappa shape index (κ2) is 6.21. The van der Waals surface area contributed by atoms with E-state index in [1.165, 1.54) is 12.1 Å². The molecule has 0 heterocycles. The van der Waals surface area contributed by atoms with Crippen LogP contribution in [0.25, 0.3) is 0 Å². The second-order valence-corrected chi connectivity index (χ2v) is 7.99. The molecule has 0 saturated heterocycles. The fourth-order valence-electron chi connectivity index (χ4n) is 1.37. The van der Waals surface area contributed by atoms with E-state index in [4.69, 9.17) is 5.73 Å². The summed E-state index contributed by atoms with van der Waals surface area (Å²) in [5, 5.41) is 0. The molecule has 1 rings (SSSR count). The van der Waals surface area contributed by atoms with E-state index in [9.17, 15) is 12.8 Å². The zero-order valence-corrected chi connectivity index (χ0v) is 12.9. The quantitative estimate of drug-likeness (QED) is 0.839. The summed E-state index contributed by atoms with van der Waals surface area (Å²) in [5.41, 5.74) is 5.89. The monoisotopic (exact) mass is 306 g/mol. The van der Waals surface area contributed by atoms with Gasteiger partial charge in [0.05, 0.1) is 4.90 Å². The van der Waals surface area contributed by atoms with Gasteiger partial charge in [0, 0.05) is 17.8 Å². The Labute approximate surface area is 118 Å². The Morgan fingerprint density at radius 1 is 1.42 bits per heavy atom. The summed E-state index contributed by atoms with van der Waals surface area (Å²) in [6.07, 6.45) is 1.90. The number of thioether (sulfide) groups is 1. The van der Waals surface area contributed by atoms with Gasteiger partial charge in [-0.1, -0.05) is 6.07 Å². The van der Waals surface area contributed by atoms with Crippen LogP contribution in [0.2, 0.25) is 0 Å². The van der Waals surface area contributed by atoms with Crippen molar-refractivity contribution in [2.75, 3.05) is 12.8 Å². The number of hydrogen-bond acceptors (Lipinski definition) is 4. The molecule has 0 atom stereocenters. The maximum atomic E-state index is 13.2. The highest BCUT2D eigenvalue weighted by molar-refractivity contribution is 8.00. The average molecular weight is 306 g/mol. The Balaban J connectivity index is 3.04. The largest absolute Gasteiger partial charge is 0.326 e. The van der Waals surface area contributed by atoms with E-state index in [-0.39, 0.29) is 22.7 Å². The van der Waals surface area contributed by atoms with Crippen LogP contribution in [0.15, 0.2) is 23.1 Å². The predicted molar refractivity (Wildman–Crippen MR) is 77.1 cm³/mol. The summed E-state index contributed by atoms with van der Waals surface area (Å²) >= 11 is 1.55. The summed E-state index contributed by atoms with van der Waals surface area (Å²) in [4.78, 5) is -0.0908. The number of nitrogens with one attached hydrogen (secondary N) is 1. The number of rotatable bonds is 6. The van der Waals surface area contributed by atoms with E-state index in [0.29, 0.717) is 5.56 Å². The molecule has 108 valence electrons. The third-order valence-electron chi connectivity index (χ3n) is 2.78. The zero-order chi connectivity index (χ0) is 14.7. The van der Waals surface area contributed by atoms with Crippen LogP contribution in [-0.4, -0.2) is 26.0 Å². The summed E-state index contributed by atoms with van der Waals surface area (Å²) in [6, 6.07) is 3.59. The van der Waals surface area contributed by atoms with Crippen LogP contribution in [-0.2, 0) is 16.6 Å². The third-order valence-corrected chi connectivity index (χ3v) is 5.51. The number of halogens is 1. The van der Waals surface area contributed by atoms with Crippen molar-refractivity contribution in [3.63, 3.8) is 0 Å². The molecule has 0 bridgehead atoms. The van der Waals surface area contributed by atoms with Crippen molar-refractivity contribution in [1.82, 2.24) is 4.72 Å². The molecule has 1 aromatic carbocycles. The van der Waals surface area contributed by atoms with Crippen LogP contribution in [0.3, 0.4) is 0 Å². The van der Waals surface area contributed by atoms with Gasteiger partial charge in [-0.2, -0.15) is 11.8 Å². The van der Waals surface area contributed by atoms with Gasteiger partial charge < -0.3 is 5.73 Å². The van der Waals surface area contributed by atoms with Gasteiger partial charge in [0.15, 0.2) is 0 Å². The lowest BCUT2D eigenvalue weighted by molar-refractivity contribution is 0.566. The first kappa shape index (κ1) is 16.4. The highest BCUT2D eigenvalue weighted by Gasteiger charge is 2.23. The first-order valence-corrected chi connectivity index (χ1v) is 8.46. The molecule has 1 aromatic rings. The molecule has 4 nitrogen and oxygen atoms in total. The van der Waals surface area contributed by atoms with E-state index >= 15 is 0 Å². The number of hydrogen-bond donors (Lipinski definition) is 2. The van der Waals surface area contributed by atoms with Crippen molar-refractivity contribution in [1.29, 1.82) is 0 Å². The molecule has 0 aromatic heterocycles. The van der Waals surface area contributed by atoms with E-state index in [2.05, 4.69) is 4.72 Å². The van der Waals surface area contributed by atoms with Gasteiger partial charge in [0.1, 0.15) is 5.82 Å². The molecule has 0 spiro atoms. The average Bonchev–Trinajstić information content (AvgIpc) is 2.37. The molecule has 0 aliphatic rings. The molecule has 3 N–H and O–H groups in total. The standard InChI is InChI=1S/C12H19FN2O2S2/c1-12(2,18-3)8-15-19(16,17)11-6-10(13)5-4-9(11)7-14/h4-6,15H,7-8,14H2,1-3H3. The van der Waals surface area contributed by atoms with Gasteiger partial charge in [0.2, 0.25) is 10.0 Å². The molecule has 0 fully saturated rings. The molecular formula is C12H19FN2O2S2. The van der Waals surface area contributed by atoms with Crippen molar-refractivity contribution in [2.45, 2.75) is 30.0 Å². The summed E-state index contributed by atoms with van der Waals surface area (Å²) in [7, 11) is -3.75. The molecule has 0 saturated carbocycles. The minimum atomic E-state index is -3.75. The Hall–Kier alpha value is -0.630. The number of nitrogens with two attached hydrogens (primary N) is 1. The maximum Gasteiger partial charge on any atom is 0.241 e. The van der Waals surface area contributed by atoms with Gasteiger partial charge in [-0.15, -0.1) is 0 Å². The van der Waals surface area contributed by atoms with Crippen LogP contribution < -0.4 is 10.5 Å². The Kier molecular flexibility index (Phi) is 5.37. The molecule has 0 aliphatic heterocycles. The van der Waals surface area contributed by atoms with E-state index in [1.807, 2.05) is 20.1 Å². The van der Waals surface area contributed by atoms with Crippen LogP contribution in [0, 0.1) is 5.82 Å². The molecule has 0 amide bonds. The van der Waals surface area contributed by atoms with Gasteiger partial charge in [-0.05, 0) is 37.8 Å². The minimum absolute atomic E-state index is 0.0441. The van der Waals surface area contributed by atoms with Crippen LogP contribution in [0.1, 0.15) is 19.4 Å². The van der Waals surface area contributed by atoms with Crippen LogP contribution in [0.4, 0.5) is 4.39 Å². The predicted octanol–water partition coefficient (Wildman–Crippen LogP) is 1.70. The Morgan fingerprint density at radius 2 is 2.05 bits per heavy atom. The van der Waals surface area contributed by atoms with Crippen molar-refractivity contribution < 1.29 is 12.8 Å². The van der Waals surface area contributed by atoms with Gasteiger partial charge in [-0.3, -0.25) is 0 Å². The number of sulfonamides is 1. The first-order chi connectivity index (χ1) is 8.72. The number of benzene rings is 1. The zero-order valence-electron chi connectivity index (χ0n) is 11.2. The molecule has 7 heteroatoms. The van der Waals surface area contributed by atoms with Gasteiger partial charge in [0.25, 0.3) is 0 Å². The topological polar surface area (TPSA) is 72.2 Å². The Bertz CT molecular complexity index is 545. The summed E-state index contributed by atoms with van der Waals surface area (Å²) in [6.45, 7) is 4.16. The van der Waals surface area contributed by atoms with Crippen LogP contribution >= 0.6 is 11.8 Å². The van der Waals surface area contributed by atoms with E-state index in [0.717, 1.165) is 6.07 Å². The SMILES string of the molecule is CSC(C)(C)CNS(=O)(=O)c1cc(F)ccc1CN. The fraction of sp³-hybridized carbons (Fsp3) is 0.500.